The zero-order chi connectivity index (χ0) is 11.5. The van der Waals surface area contributed by atoms with Crippen LogP contribution in [-0.2, 0) is 6.54 Å². The first-order valence-corrected chi connectivity index (χ1v) is 6.95. The van der Waals surface area contributed by atoms with E-state index in [1.807, 2.05) is 18.0 Å². The lowest BCUT2D eigenvalue weighted by Gasteiger charge is -2.21. The Bertz CT molecular complexity index is 437. The summed E-state index contributed by atoms with van der Waals surface area (Å²) in [6.07, 6.45) is 9.62. The second-order valence-corrected chi connectivity index (χ2v) is 5.19. The number of nitrogens with zero attached hydrogens (tertiary/aromatic N) is 3. The number of hydrogen-bond acceptors (Lipinski definition) is 4. The van der Waals surface area contributed by atoms with Crippen LogP contribution in [0.4, 0.5) is 0 Å². The van der Waals surface area contributed by atoms with E-state index < -0.39 is 0 Å². The molecule has 0 saturated heterocycles. The summed E-state index contributed by atoms with van der Waals surface area (Å²) in [6.45, 7) is 0.874. The summed E-state index contributed by atoms with van der Waals surface area (Å²) >= 11 is 1.65. The number of imidazole rings is 1. The molecule has 2 unspecified atom stereocenters. The molecule has 1 aliphatic rings. The first-order chi connectivity index (χ1) is 8.43. The van der Waals surface area contributed by atoms with Crippen LogP contribution < -0.4 is 5.32 Å². The molecule has 4 nitrogen and oxygen atoms in total. The third-order valence-electron chi connectivity index (χ3n) is 3.42. The van der Waals surface area contributed by atoms with Gasteiger partial charge in [0.15, 0.2) is 0 Å². The van der Waals surface area contributed by atoms with Gasteiger partial charge in [-0.3, -0.25) is 0 Å². The average molecular weight is 248 g/mol. The van der Waals surface area contributed by atoms with Gasteiger partial charge in [0, 0.05) is 36.4 Å². The van der Waals surface area contributed by atoms with Gasteiger partial charge in [0.25, 0.3) is 0 Å². The number of rotatable bonds is 4. The fourth-order valence-electron chi connectivity index (χ4n) is 2.56. The molecule has 0 bridgehead atoms. The van der Waals surface area contributed by atoms with E-state index in [4.69, 9.17) is 0 Å². The Hall–Kier alpha value is -1.20. The molecule has 1 saturated carbocycles. The van der Waals surface area contributed by atoms with Crippen molar-refractivity contribution in [3.63, 3.8) is 0 Å². The van der Waals surface area contributed by atoms with Crippen LogP contribution >= 0.6 is 11.3 Å². The maximum absolute atomic E-state index is 4.30. The van der Waals surface area contributed by atoms with E-state index in [1.165, 1.54) is 19.3 Å². The van der Waals surface area contributed by atoms with Crippen LogP contribution in [0.5, 0.6) is 0 Å². The first kappa shape index (κ1) is 10.9. The Morgan fingerprint density at radius 2 is 2.47 bits per heavy atom. The van der Waals surface area contributed by atoms with Crippen molar-refractivity contribution in [2.75, 3.05) is 0 Å². The highest BCUT2D eigenvalue weighted by Gasteiger charge is 2.27. The van der Waals surface area contributed by atoms with E-state index >= 15 is 0 Å². The lowest BCUT2D eigenvalue weighted by Crippen LogP contribution is -2.33. The molecular formula is C12H16N4S. The maximum Gasteiger partial charge on any atom is 0.0949 e. The Morgan fingerprint density at radius 1 is 1.47 bits per heavy atom. The van der Waals surface area contributed by atoms with Crippen LogP contribution in [0.3, 0.4) is 0 Å². The number of thiazole rings is 1. The van der Waals surface area contributed by atoms with Crippen LogP contribution in [0.25, 0.3) is 0 Å². The SMILES string of the molecule is c1cn(C2CCCC2NCc2cscn2)cn1. The average Bonchev–Trinajstić information content (AvgIpc) is 3.09. The van der Waals surface area contributed by atoms with Gasteiger partial charge in [-0.1, -0.05) is 0 Å². The lowest BCUT2D eigenvalue weighted by molar-refractivity contribution is 0.389. The summed E-state index contributed by atoms with van der Waals surface area (Å²) in [5, 5.41) is 5.72. The predicted octanol–water partition coefficient (Wildman–Crippen LogP) is 2.22. The molecule has 3 rings (SSSR count). The maximum atomic E-state index is 4.30. The van der Waals surface area contributed by atoms with Crippen molar-refractivity contribution in [2.24, 2.45) is 0 Å². The van der Waals surface area contributed by atoms with Gasteiger partial charge in [-0.25, -0.2) is 9.97 Å². The molecule has 2 aromatic rings. The zero-order valence-electron chi connectivity index (χ0n) is 9.62. The van der Waals surface area contributed by atoms with Crippen LogP contribution in [-0.4, -0.2) is 20.6 Å². The third kappa shape index (κ3) is 2.40. The van der Waals surface area contributed by atoms with Gasteiger partial charge in [-0.15, -0.1) is 11.3 Å². The van der Waals surface area contributed by atoms with Crippen molar-refractivity contribution in [1.82, 2.24) is 19.9 Å². The molecule has 17 heavy (non-hydrogen) atoms. The highest BCUT2D eigenvalue weighted by atomic mass is 32.1. The first-order valence-electron chi connectivity index (χ1n) is 6.01. The third-order valence-corrected chi connectivity index (χ3v) is 4.05. The van der Waals surface area contributed by atoms with Gasteiger partial charge in [0.2, 0.25) is 0 Å². The molecule has 1 N–H and O–H groups in total. The van der Waals surface area contributed by atoms with E-state index in [9.17, 15) is 0 Å². The van der Waals surface area contributed by atoms with E-state index in [2.05, 4.69) is 31.4 Å². The van der Waals surface area contributed by atoms with Gasteiger partial charge >= 0.3 is 0 Å². The summed E-state index contributed by atoms with van der Waals surface area (Å²) in [7, 11) is 0. The summed E-state index contributed by atoms with van der Waals surface area (Å²) in [5.74, 6) is 0. The van der Waals surface area contributed by atoms with Crippen molar-refractivity contribution in [2.45, 2.75) is 37.9 Å². The standard InChI is InChI=1S/C12H16N4S/c1-2-11(14-6-10-7-17-9-15-10)12(3-1)16-5-4-13-8-16/h4-5,7-9,11-12,14H,1-3,6H2. The van der Waals surface area contributed by atoms with Crippen LogP contribution in [0.15, 0.2) is 29.6 Å². The van der Waals surface area contributed by atoms with Crippen molar-refractivity contribution in [1.29, 1.82) is 0 Å². The zero-order valence-corrected chi connectivity index (χ0v) is 10.4. The summed E-state index contributed by atoms with van der Waals surface area (Å²) in [6, 6.07) is 1.10. The monoisotopic (exact) mass is 248 g/mol. The Kier molecular flexibility index (Phi) is 3.20. The van der Waals surface area contributed by atoms with Crippen molar-refractivity contribution in [3.8, 4) is 0 Å². The minimum atomic E-state index is 0.547. The van der Waals surface area contributed by atoms with E-state index in [0.717, 1.165) is 12.2 Å². The van der Waals surface area contributed by atoms with Crippen LogP contribution in [0.1, 0.15) is 31.0 Å². The van der Waals surface area contributed by atoms with Gasteiger partial charge in [-0.2, -0.15) is 0 Å². The predicted molar refractivity (Wildman–Crippen MR) is 67.9 cm³/mol. The number of aromatic nitrogens is 3. The summed E-state index contributed by atoms with van der Waals surface area (Å²) in [4.78, 5) is 8.44. The molecular weight excluding hydrogens is 232 g/mol. The van der Waals surface area contributed by atoms with Crippen LogP contribution in [0, 0.1) is 0 Å². The van der Waals surface area contributed by atoms with E-state index in [1.54, 1.807) is 11.3 Å². The molecule has 0 spiro atoms. The molecule has 0 aromatic carbocycles. The molecule has 90 valence electrons. The van der Waals surface area contributed by atoms with Crippen LogP contribution in [0.2, 0.25) is 0 Å². The molecule has 1 aliphatic carbocycles. The molecule has 0 amide bonds. The molecule has 5 heteroatoms. The number of hydrogen-bond donors (Lipinski definition) is 1. The minimum Gasteiger partial charge on any atom is -0.333 e. The van der Waals surface area contributed by atoms with Gasteiger partial charge in [-0.05, 0) is 19.3 Å². The molecule has 2 heterocycles. The molecule has 2 aromatic heterocycles. The normalized spacial score (nSPS) is 24.2. The molecule has 0 radical (unpaired) electrons. The lowest BCUT2D eigenvalue weighted by atomic mass is 10.1. The van der Waals surface area contributed by atoms with Gasteiger partial charge in [0.05, 0.1) is 17.5 Å². The highest BCUT2D eigenvalue weighted by molar-refractivity contribution is 7.07. The fraction of sp³-hybridized carbons (Fsp3) is 0.500. The topological polar surface area (TPSA) is 42.7 Å². The number of nitrogens with one attached hydrogen (secondary N) is 1. The highest BCUT2D eigenvalue weighted by Crippen LogP contribution is 2.30. The molecule has 0 aliphatic heterocycles. The fourth-order valence-corrected chi connectivity index (χ4v) is 3.12. The van der Waals surface area contributed by atoms with Crippen molar-refractivity contribution in [3.05, 3.63) is 35.3 Å². The Labute approximate surface area is 105 Å². The minimum absolute atomic E-state index is 0.547. The van der Waals surface area contributed by atoms with Crippen molar-refractivity contribution < 1.29 is 0 Å². The Balaban J connectivity index is 1.62. The summed E-state index contributed by atoms with van der Waals surface area (Å²) in [5.41, 5.74) is 3.03. The second kappa shape index (κ2) is 4.98. The largest absolute Gasteiger partial charge is 0.333 e. The van der Waals surface area contributed by atoms with E-state index in [0.29, 0.717) is 12.1 Å². The molecule has 1 fully saturated rings. The smallest absolute Gasteiger partial charge is 0.0949 e. The van der Waals surface area contributed by atoms with E-state index in [-0.39, 0.29) is 0 Å². The van der Waals surface area contributed by atoms with Gasteiger partial charge in [0.1, 0.15) is 0 Å². The second-order valence-electron chi connectivity index (χ2n) is 4.48. The quantitative estimate of drug-likeness (QED) is 0.902. The Morgan fingerprint density at radius 3 is 3.24 bits per heavy atom. The molecule has 2 atom stereocenters. The summed E-state index contributed by atoms with van der Waals surface area (Å²) < 4.78 is 2.23. The van der Waals surface area contributed by atoms with Crippen molar-refractivity contribution >= 4 is 11.3 Å². The van der Waals surface area contributed by atoms with Gasteiger partial charge < -0.3 is 9.88 Å².